The Morgan fingerprint density at radius 3 is 2.55 bits per heavy atom. The number of nitrogens with one attached hydrogen (secondary N) is 1. The zero-order valence-corrected chi connectivity index (χ0v) is 20.2. The van der Waals surface area contributed by atoms with Crippen molar-refractivity contribution in [3.05, 3.63) is 95.0 Å². The van der Waals surface area contributed by atoms with Gasteiger partial charge in [0.1, 0.15) is 5.75 Å². The molecule has 1 N–H and O–H groups in total. The summed E-state index contributed by atoms with van der Waals surface area (Å²) in [5.74, 6) is -0.108. The number of ether oxygens (including phenoxy) is 1. The first-order chi connectivity index (χ1) is 15.7. The summed E-state index contributed by atoms with van der Waals surface area (Å²) in [6.45, 7) is 7.48. The van der Waals surface area contributed by atoms with Crippen LogP contribution in [0.3, 0.4) is 0 Å². The molecule has 0 heterocycles. The van der Waals surface area contributed by atoms with Crippen LogP contribution in [-0.4, -0.2) is 28.0 Å². The van der Waals surface area contributed by atoms with Crippen molar-refractivity contribution in [3.8, 4) is 5.75 Å². The number of aryl methyl sites for hydroxylation is 2. The molecule has 0 aliphatic heterocycles. The molecule has 0 radical (unpaired) electrons. The van der Waals surface area contributed by atoms with Crippen LogP contribution in [0.4, 0.5) is 11.4 Å². The Morgan fingerprint density at radius 1 is 1.12 bits per heavy atom. The molecule has 8 heteroatoms. The Morgan fingerprint density at radius 2 is 1.85 bits per heavy atom. The van der Waals surface area contributed by atoms with E-state index in [2.05, 4.69) is 11.9 Å². The fourth-order valence-electron chi connectivity index (χ4n) is 3.31. The number of amides is 1. The first-order valence-electron chi connectivity index (χ1n) is 10.1. The first-order valence-corrected chi connectivity index (χ1v) is 12.0. The highest BCUT2D eigenvalue weighted by Crippen LogP contribution is 2.33. The molecule has 0 saturated carbocycles. The number of para-hydroxylation sites is 2. The Bertz CT molecular complexity index is 1310. The number of halogens is 1. The van der Waals surface area contributed by atoms with E-state index in [1.807, 2.05) is 32.0 Å². The zero-order chi connectivity index (χ0) is 24.2. The molecule has 3 aromatic carbocycles. The monoisotopic (exact) mass is 484 g/mol. The molecule has 33 heavy (non-hydrogen) atoms. The lowest BCUT2D eigenvalue weighted by molar-refractivity contribution is 0.102. The molecule has 0 bridgehead atoms. The Kier molecular flexibility index (Phi) is 7.46. The fourth-order valence-corrected chi connectivity index (χ4v) is 4.98. The minimum Gasteiger partial charge on any atom is -0.495 e. The lowest BCUT2D eigenvalue weighted by atomic mass is 10.1. The van der Waals surface area contributed by atoms with Crippen molar-refractivity contribution in [1.29, 1.82) is 0 Å². The van der Waals surface area contributed by atoms with Gasteiger partial charge in [-0.1, -0.05) is 41.9 Å². The van der Waals surface area contributed by atoms with Crippen molar-refractivity contribution in [2.24, 2.45) is 0 Å². The predicted molar refractivity (Wildman–Crippen MR) is 133 cm³/mol. The van der Waals surface area contributed by atoms with Crippen LogP contribution in [0, 0.1) is 13.8 Å². The summed E-state index contributed by atoms with van der Waals surface area (Å²) in [4.78, 5) is 12.9. The van der Waals surface area contributed by atoms with Crippen LogP contribution in [0.1, 0.15) is 21.5 Å². The topological polar surface area (TPSA) is 75.7 Å². The smallest absolute Gasteiger partial charge is 0.264 e. The van der Waals surface area contributed by atoms with Crippen LogP contribution in [0.15, 0.2) is 78.2 Å². The van der Waals surface area contributed by atoms with Gasteiger partial charge >= 0.3 is 0 Å². The van der Waals surface area contributed by atoms with Crippen molar-refractivity contribution in [2.75, 3.05) is 23.3 Å². The van der Waals surface area contributed by atoms with E-state index in [1.54, 1.807) is 24.3 Å². The predicted octanol–water partition coefficient (Wildman–Crippen LogP) is 5.60. The van der Waals surface area contributed by atoms with Crippen molar-refractivity contribution in [3.63, 3.8) is 0 Å². The lowest BCUT2D eigenvalue weighted by Gasteiger charge is -2.25. The van der Waals surface area contributed by atoms with Gasteiger partial charge in [-0.05, 0) is 61.4 Å². The van der Waals surface area contributed by atoms with Crippen molar-refractivity contribution in [2.45, 2.75) is 18.7 Å². The molecule has 3 aromatic rings. The summed E-state index contributed by atoms with van der Waals surface area (Å²) >= 11 is 6.28. The van der Waals surface area contributed by atoms with E-state index in [0.29, 0.717) is 17.1 Å². The third-order valence-corrected chi connectivity index (χ3v) is 7.17. The van der Waals surface area contributed by atoms with Crippen LogP contribution in [-0.2, 0) is 10.0 Å². The molecule has 3 rings (SSSR count). The highest BCUT2D eigenvalue weighted by Gasteiger charge is 2.28. The summed E-state index contributed by atoms with van der Waals surface area (Å²) in [5, 5.41) is 2.97. The van der Waals surface area contributed by atoms with E-state index < -0.39 is 15.9 Å². The number of anilines is 2. The van der Waals surface area contributed by atoms with Crippen LogP contribution in [0.5, 0.6) is 5.75 Å². The molecule has 6 nitrogen and oxygen atoms in total. The second-order valence-electron chi connectivity index (χ2n) is 7.41. The molecular formula is C25H25ClN2O4S. The maximum Gasteiger partial charge on any atom is 0.264 e. The molecule has 0 spiro atoms. The van der Waals surface area contributed by atoms with E-state index in [1.165, 1.54) is 35.7 Å². The normalized spacial score (nSPS) is 11.0. The minimum atomic E-state index is -4.07. The number of benzene rings is 3. The summed E-state index contributed by atoms with van der Waals surface area (Å²) in [6.07, 6.45) is 1.48. The van der Waals surface area contributed by atoms with Gasteiger partial charge in [0.2, 0.25) is 0 Å². The molecule has 1 amide bonds. The number of carbonyl (C=O) groups excluding carboxylic acids is 1. The van der Waals surface area contributed by atoms with E-state index >= 15 is 0 Å². The molecule has 0 saturated heterocycles. The van der Waals surface area contributed by atoms with Gasteiger partial charge < -0.3 is 10.1 Å². The molecule has 0 aromatic heterocycles. The maximum absolute atomic E-state index is 13.6. The third-order valence-electron chi connectivity index (χ3n) is 5.06. The average Bonchev–Trinajstić information content (AvgIpc) is 2.79. The summed E-state index contributed by atoms with van der Waals surface area (Å²) in [6, 6.07) is 16.5. The molecule has 0 aliphatic rings. The number of hydrogen-bond donors (Lipinski definition) is 1. The number of rotatable bonds is 8. The summed E-state index contributed by atoms with van der Waals surface area (Å²) < 4.78 is 33.7. The van der Waals surface area contributed by atoms with Gasteiger partial charge in [0.25, 0.3) is 15.9 Å². The van der Waals surface area contributed by atoms with Gasteiger partial charge in [-0.2, -0.15) is 0 Å². The molecular weight excluding hydrogens is 460 g/mol. The van der Waals surface area contributed by atoms with E-state index in [0.717, 1.165) is 11.1 Å². The van der Waals surface area contributed by atoms with Crippen LogP contribution < -0.4 is 14.4 Å². The molecule has 0 atom stereocenters. The number of hydrogen-bond acceptors (Lipinski definition) is 4. The first kappa shape index (κ1) is 24.4. The minimum absolute atomic E-state index is 0.00928. The van der Waals surface area contributed by atoms with Crippen LogP contribution in [0.25, 0.3) is 0 Å². The van der Waals surface area contributed by atoms with E-state index in [4.69, 9.17) is 16.3 Å². The second kappa shape index (κ2) is 10.1. The SMILES string of the molecule is C=CCN(c1ccccc1OC)S(=O)(=O)c1ccc(Cl)c(C(=O)Nc2cc(C)ccc2C)c1. The maximum atomic E-state index is 13.6. The van der Waals surface area contributed by atoms with Gasteiger partial charge in [0.05, 0.1) is 34.8 Å². The van der Waals surface area contributed by atoms with Crippen LogP contribution in [0.2, 0.25) is 5.02 Å². The zero-order valence-electron chi connectivity index (χ0n) is 18.6. The van der Waals surface area contributed by atoms with E-state index in [9.17, 15) is 13.2 Å². The number of nitrogens with zero attached hydrogens (tertiary/aromatic N) is 1. The molecule has 0 aliphatic carbocycles. The Balaban J connectivity index is 2.03. The van der Waals surface area contributed by atoms with Gasteiger partial charge in [-0.25, -0.2) is 8.42 Å². The standard InChI is InChI=1S/C25H25ClN2O4S/c1-5-14-28(23-8-6-7-9-24(23)32-4)33(30,31)19-12-13-21(26)20(16-19)25(29)27-22-15-17(2)10-11-18(22)3/h5-13,15-16H,1,14H2,2-4H3,(H,27,29). The molecule has 0 fully saturated rings. The van der Waals surface area contributed by atoms with Crippen molar-refractivity contribution < 1.29 is 17.9 Å². The van der Waals surface area contributed by atoms with E-state index in [-0.39, 0.29) is 22.0 Å². The second-order valence-corrected chi connectivity index (χ2v) is 9.68. The van der Waals surface area contributed by atoms with Crippen LogP contribution >= 0.6 is 11.6 Å². The molecule has 0 unspecified atom stereocenters. The summed E-state index contributed by atoms with van der Waals surface area (Å²) in [7, 11) is -2.60. The van der Waals surface area contributed by atoms with Gasteiger partial charge in [0, 0.05) is 5.69 Å². The Hall–Kier alpha value is -3.29. The van der Waals surface area contributed by atoms with Gasteiger partial charge in [-0.3, -0.25) is 9.10 Å². The third kappa shape index (κ3) is 5.21. The number of carbonyl (C=O) groups is 1. The average molecular weight is 485 g/mol. The quantitative estimate of drug-likeness (QED) is 0.422. The highest BCUT2D eigenvalue weighted by atomic mass is 35.5. The molecule has 172 valence electrons. The number of methoxy groups -OCH3 is 1. The Labute approximate surface area is 199 Å². The lowest BCUT2D eigenvalue weighted by Crippen LogP contribution is -2.31. The van der Waals surface area contributed by atoms with Crippen molar-refractivity contribution in [1.82, 2.24) is 0 Å². The largest absolute Gasteiger partial charge is 0.495 e. The number of sulfonamides is 1. The highest BCUT2D eigenvalue weighted by molar-refractivity contribution is 7.92. The van der Waals surface area contributed by atoms with Gasteiger partial charge in [-0.15, -0.1) is 6.58 Å². The van der Waals surface area contributed by atoms with Crippen molar-refractivity contribution >= 4 is 38.9 Å². The fraction of sp³-hybridized carbons (Fsp3) is 0.160. The van der Waals surface area contributed by atoms with Gasteiger partial charge in [0.15, 0.2) is 0 Å². The summed E-state index contributed by atoms with van der Waals surface area (Å²) in [5.41, 5.74) is 2.90.